The van der Waals surface area contributed by atoms with Crippen LogP contribution in [-0.4, -0.2) is 7.11 Å². The molecule has 1 atom stereocenters. The van der Waals surface area contributed by atoms with Crippen molar-refractivity contribution >= 4 is 11.1 Å². The Morgan fingerprint density at radius 1 is 0.829 bits per heavy atom. The van der Waals surface area contributed by atoms with E-state index in [2.05, 4.69) is 113 Å². The monoisotopic (exact) mass is 464 g/mol. The van der Waals surface area contributed by atoms with Gasteiger partial charge in [0, 0.05) is 0 Å². The number of hydrogen-bond acceptors (Lipinski definition) is 1. The van der Waals surface area contributed by atoms with Crippen LogP contribution in [0.3, 0.4) is 0 Å². The van der Waals surface area contributed by atoms with Crippen LogP contribution in [0.5, 0.6) is 5.75 Å². The fraction of sp³-hybridized carbons (Fsp3) is 0.353. The van der Waals surface area contributed by atoms with Crippen molar-refractivity contribution in [1.29, 1.82) is 0 Å². The Labute approximate surface area is 212 Å². The minimum Gasteiger partial charge on any atom is -0.497 e. The summed E-state index contributed by atoms with van der Waals surface area (Å²) >= 11 is 0. The lowest BCUT2D eigenvalue weighted by Crippen LogP contribution is -2.13. The van der Waals surface area contributed by atoms with E-state index >= 15 is 0 Å². The largest absolute Gasteiger partial charge is 0.497 e. The molecular weight excluding hydrogens is 424 g/mol. The van der Waals surface area contributed by atoms with Crippen LogP contribution in [0.2, 0.25) is 0 Å². The van der Waals surface area contributed by atoms with Crippen LogP contribution in [0.1, 0.15) is 86.6 Å². The third-order valence-electron chi connectivity index (χ3n) is 7.30. The molecule has 3 aromatic rings. The molecule has 0 bridgehead atoms. The normalized spacial score (nSPS) is 19.5. The summed E-state index contributed by atoms with van der Waals surface area (Å²) in [6, 6.07) is 27.0. The highest BCUT2D eigenvalue weighted by Crippen LogP contribution is 2.43. The van der Waals surface area contributed by atoms with Crippen molar-refractivity contribution in [1.82, 2.24) is 0 Å². The van der Waals surface area contributed by atoms with E-state index in [1.165, 1.54) is 39.0 Å². The number of benzene rings is 3. The van der Waals surface area contributed by atoms with Crippen LogP contribution in [0.4, 0.5) is 0 Å². The summed E-state index contributed by atoms with van der Waals surface area (Å²) in [5.41, 5.74) is 10.1. The number of ether oxygens (including phenoxy) is 1. The number of hydrogen-bond donors (Lipinski definition) is 0. The Hall–Kier alpha value is -3.06. The van der Waals surface area contributed by atoms with Gasteiger partial charge in [0.1, 0.15) is 5.75 Å². The first-order chi connectivity index (χ1) is 17.0. The highest BCUT2D eigenvalue weighted by Gasteiger charge is 2.25. The second-order valence-corrected chi connectivity index (χ2v) is 10.4. The summed E-state index contributed by atoms with van der Waals surface area (Å²) in [5.74, 6) is 2.30. The van der Waals surface area contributed by atoms with Gasteiger partial charge >= 0.3 is 0 Å². The van der Waals surface area contributed by atoms with Crippen molar-refractivity contribution in [3.63, 3.8) is 0 Å². The standard InChI is InChI=1S/C34H40O/c1-24(2)28-18-21-31(25(3)4)33(23-28)34-29(22-26-12-8-6-9-13-26)14-10-7-11-15-32(34)27-16-19-30(35-5)20-17-27/h6-10,12-13,16-21,23-25,29H,11,14-15,22H2,1-5H3/b10-7-,34-32-. The van der Waals surface area contributed by atoms with Gasteiger partial charge in [0.15, 0.2) is 0 Å². The van der Waals surface area contributed by atoms with Gasteiger partial charge in [0.2, 0.25) is 0 Å². The maximum absolute atomic E-state index is 5.48. The highest BCUT2D eigenvalue weighted by atomic mass is 16.5. The number of allylic oxidation sites excluding steroid dienone is 4. The van der Waals surface area contributed by atoms with Gasteiger partial charge in [-0.05, 0) is 94.5 Å². The third kappa shape index (κ3) is 5.96. The first kappa shape index (κ1) is 25.0. The predicted molar refractivity (Wildman–Crippen MR) is 151 cm³/mol. The summed E-state index contributed by atoms with van der Waals surface area (Å²) in [6.45, 7) is 9.26. The minimum atomic E-state index is 0.422. The molecule has 35 heavy (non-hydrogen) atoms. The zero-order chi connectivity index (χ0) is 24.8. The minimum absolute atomic E-state index is 0.422. The van der Waals surface area contributed by atoms with Crippen molar-refractivity contribution in [2.75, 3.05) is 7.11 Å². The Kier molecular flexibility index (Phi) is 8.29. The zero-order valence-corrected chi connectivity index (χ0v) is 22.1. The van der Waals surface area contributed by atoms with E-state index in [0.29, 0.717) is 17.8 Å². The Balaban J connectivity index is 1.98. The molecule has 0 amide bonds. The van der Waals surface area contributed by atoms with Crippen LogP contribution < -0.4 is 4.74 Å². The van der Waals surface area contributed by atoms with Crippen LogP contribution >= 0.6 is 0 Å². The van der Waals surface area contributed by atoms with Gasteiger partial charge in [0.05, 0.1) is 7.11 Å². The second-order valence-electron chi connectivity index (χ2n) is 10.4. The van der Waals surface area contributed by atoms with Crippen LogP contribution in [0.15, 0.2) is 84.9 Å². The van der Waals surface area contributed by atoms with E-state index in [1.54, 1.807) is 7.11 Å². The lowest BCUT2D eigenvalue weighted by Gasteiger charge is -2.29. The van der Waals surface area contributed by atoms with Crippen molar-refractivity contribution in [3.8, 4) is 5.75 Å². The van der Waals surface area contributed by atoms with Gasteiger partial charge in [-0.3, -0.25) is 0 Å². The molecule has 1 aliphatic rings. The molecule has 0 spiro atoms. The summed E-state index contributed by atoms with van der Waals surface area (Å²) in [7, 11) is 1.74. The van der Waals surface area contributed by atoms with E-state index in [9.17, 15) is 0 Å². The zero-order valence-electron chi connectivity index (χ0n) is 22.1. The number of methoxy groups -OCH3 is 1. The molecular formula is C34H40O. The van der Waals surface area contributed by atoms with Crippen LogP contribution in [-0.2, 0) is 6.42 Å². The van der Waals surface area contributed by atoms with E-state index in [4.69, 9.17) is 4.74 Å². The Morgan fingerprint density at radius 3 is 2.23 bits per heavy atom. The fourth-order valence-corrected chi connectivity index (χ4v) is 5.33. The maximum atomic E-state index is 5.48. The molecule has 1 unspecified atom stereocenters. The molecule has 182 valence electrons. The van der Waals surface area contributed by atoms with Gasteiger partial charge in [-0.15, -0.1) is 0 Å². The molecule has 0 N–H and O–H groups in total. The van der Waals surface area contributed by atoms with Gasteiger partial charge in [-0.25, -0.2) is 0 Å². The number of rotatable bonds is 7. The van der Waals surface area contributed by atoms with Crippen molar-refractivity contribution in [3.05, 3.63) is 113 Å². The topological polar surface area (TPSA) is 9.23 Å². The summed E-state index contributed by atoms with van der Waals surface area (Å²) in [5, 5.41) is 0. The first-order valence-electron chi connectivity index (χ1n) is 13.2. The van der Waals surface area contributed by atoms with Gasteiger partial charge in [-0.1, -0.05) is 101 Å². The summed E-state index contributed by atoms with van der Waals surface area (Å²) in [6.07, 6.45) is 9.03. The van der Waals surface area contributed by atoms with Crippen LogP contribution in [0.25, 0.3) is 11.1 Å². The van der Waals surface area contributed by atoms with E-state index < -0.39 is 0 Å². The van der Waals surface area contributed by atoms with Crippen molar-refractivity contribution in [2.24, 2.45) is 5.92 Å². The van der Waals surface area contributed by atoms with Crippen LogP contribution in [0, 0.1) is 5.92 Å². The molecule has 0 heterocycles. The third-order valence-corrected chi connectivity index (χ3v) is 7.30. The predicted octanol–water partition coefficient (Wildman–Crippen LogP) is 9.45. The maximum Gasteiger partial charge on any atom is 0.118 e. The second kappa shape index (κ2) is 11.6. The van der Waals surface area contributed by atoms with E-state index in [-0.39, 0.29) is 0 Å². The molecule has 0 saturated heterocycles. The molecule has 4 rings (SSSR count). The quantitative estimate of drug-likeness (QED) is 0.316. The molecule has 3 aromatic carbocycles. The molecule has 0 fully saturated rings. The van der Waals surface area contributed by atoms with Gasteiger partial charge in [-0.2, -0.15) is 0 Å². The molecule has 0 aliphatic heterocycles. The fourth-order valence-electron chi connectivity index (χ4n) is 5.33. The molecule has 1 heteroatoms. The van der Waals surface area contributed by atoms with Crippen molar-refractivity contribution < 1.29 is 4.74 Å². The summed E-state index contributed by atoms with van der Waals surface area (Å²) in [4.78, 5) is 0. The van der Waals surface area contributed by atoms with E-state index in [1.807, 2.05) is 0 Å². The highest BCUT2D eigenvalue weighted by molar-refractivity contribution is 5.93. The van der Waals surface area contributed by atoms with E-state index in [0.717, 1.165) is 31.4 Å². The van der Waals surface area contributed by atoms with Crippen molar-refractivity contribution in [2.45, 2.75) is 65.2 Å². The first-order valence-corrected chi connectivity index (χ1v) is 13.2. The Bertz CT molecular complexity index is 1160. The smallest absolute Gasteiger partial charge is 0.118 e. The molecule has 0 aromatic heterocycles. The average molecular weight is 465 g/mol. The van der Waals surface area contributed by atoms with Gasteiger partial charge < -0.3 is 4.74 Å². The Morgan fingerprint density at radius 2 is 1.57 bits per heavy atom. The molecule has 0 saturated carbocycles. The molecule has 0 radical (unpaired) electrons. The lowest BCUT2D eigenvalue weighted by atomic mass is 9.75. The average Bonchev–Trinajstić information content (AvgIpc) is 2.86. The summed E-state index contributed by atoms with van der Waals surface area (Å²) < 4.78 is 5.48. The van der Waals surface area contributed by atoms with Gasteiger partial charge in [0.25, 0.3) is 0 Å². The molecule has 1 aliphatic carbocycles. The lowest BCUT2D eigenvalue weighted by molar-refractivity contribution is 0.415. The molecule has 1 nitrogen and oxygen atoms in total. The SMILES string of the molecule is COc1ccc(/C2=C(\c3cc(C(C)C)ccc3C(C)C)C(Cc3ccccc3)C/C=C\CC2)cc1.